The molecule has 1 atom stereocenters. The Bertz CT molecular complexity index is 505. The van der Waals surface area contributed by atoms with Crippen LogP contribution in [-0.2, 0) is 0 Å². The first-order valence-corrected chi connectivity index (χ1v) is 6.02. The Morgan fingerprint density at radius 3 is 3.06 bits per heavy atom. The summed E-state index contributed by atoms with van der Waals surface area (Å²) in [6.07, 6.45) is 6.87. The average molecular weight is 226 g/mol. The number of nitrogens with two attached hydrogens (primary N) is 1. The molecule has 2 nitrogen and oxygen atoms in total. The molecule has 0 spiro atoms. The molecule has 0 aliphatic rings. The van der Waals surface area contributed by atoms with Crippen LogP contribution in [0, 0.1) is 0 Å². The fourth-order valence-electron chi connectivity index (χ4n) is 1.97. The highest BCUT2D eigenvalue weighted by Crippen LogP contribution is 2.21. The van der Waals surface area contributed by atoms with Gasteiger partial charge in [-0.25, -0.2) is 0 Å². The summed E-state index contributed by atoms with van der Waals surface area (Å²) in [5, 5.41) is 1.16. The van der Waals surface area contributed by atoms with Crippen LogP contribution in [0.25, 0.3) is 10.9 Å². The standard InChI is InChI=1S/C15H18N2/c1-2-3-4-7-14(16)12-8-9-15-13(11-12)6-5-10-17-15/h2,5-6,8-11,14H,1,3-4,7,16H2. The van der Waals surface area contributed by atoms with Gasteiger partial charge in [0.05, 0.1) is 5.52 Å². The highest BCUT2D eigenvalue weighted by molar-refractivity contribution is 5.79. The highest BCUT2D eigenvalue weighted by Gasteiger charge is 2.06. The van der Waals surface area contributed by atoms with Crippen molar-refractivity contribution in [3.8, 4) is 0 Å². The molecule has 0 aliphatic heterocycles. The van der Waals surface area contributed by atoms with E-state index >= 15 is 0 Å². The fraction of sp³-hybridized carbons (Fsp3) is 0.267. The van der Waals surface area contributed by atoms with Gasteiger partial charge in [-0.05, 0) is 43.0 Å². The van der Waals surface area contributed by atoms with E-state index in [0.717, 1.165) is 30.2 Å². The molecule has 0 saturated carbocycles. The molecule has 17 heavy (non-hydrogen) atoms. The van der Waals surface area contributed by atoms with Crippen molar-refractivity contribution in [1.82, 2.24) is 4.98 Å². The molecule has 88 valence electrons. The van der Waals surface area contributed by atoms with Crippen LogP contribution in [0.4, 0.5) is 0 Å². The molecular weight excluding hydrogens is 208 g/mol. The number of hydrogen-bond acceptors (Lipinski definition) is 2. The molecule has 1 unspecified atom stereocenters. The van der Waals surface area contributed by atoms with Gasteiger partial charge < -0.3 is 5.73 Å². The van der Waals surface area contributed by atoms with E-state index in [1.165, 1.54) is 5.56 Å². The normalized spacial score (nSPS) is 12.5. The van der Waals surface area contributed by atoms with Crippen LogP contribution in [-0.4, -0.2) is 4.98 Å². The number of rotatable bonds is 5. The maximum atomic E-state index is 6.17. The van der Waals surface area contributed by atoms with Crippen molar-refractivity contribution >= 4 is 10.9 Å². The summed E-state index contributed by atoms with van der Waals surface area (Å²) in [5.74, 6) is 0. The Balaban J connectivity index is 2.15. The minimum atomic E-state index is 0.111. The Hall–Kier alpha value is -1.67. The van der Waals surface area contributed by atoms with Crippen LogP contribution >= 0.6 is 0 Å². The summed E-state index contributed by atoms with van der Waals surface area (Å²) in [7, 11) is 0. The van der Waals surface area contributed by atoms with E-state index in [1.54, 1.807) is 0 Å². The Kier molecular flexibility index (Phi) is 3.89. The molecule has 2 rings (SSSR count). The lowest BCUT2D eigenvalue weighted by Gasteiger charge is -2.12. The zero-order valence-corrected chi connectivity index (χ0v) is 9.97. The number of unbranched alkanes of at least 4 members (excludes halogenated alkanes) is 1. The summed E-state index contributed by atoms with van der Waals surface area (Å²) in [4.78, 5) is 4.30. The molecule has 2 heteroatoms. The first kappa shape index (κ1) is 11.8. The van der Waals surface area contributed by atoms with Crippen molar-refractivity contribution in [3.05, 3.63) is 54.7 Å². The molecule has 2 aromatic rings. The second-order valence-electron chi connectivity index (χ2n) is 4.28. The highest BCUT2D eigenvalue weighted by atomic mass is 14.6. The van der Waals surface area contributed by atoms with E-state index in [9.17, 15) is 0 Å². The summed E-state index contributed by atoms with van der Waals surface area (Å²) in [5.41, 5.74) is 8.38. The van der Waals surface area contributed by atoms with E-state index in [2.05, 4.69) is 29.8 Å². The minimum Gasteiger partial charge on any atom is -0.324 e. The van der Waals surface area contributed by atoms with Crippen LogP contribution in [0.5, 0.6) is 0 Å². The van der Waals surface area contributed by atoms with E-state index in [4.69, 9.17) is 5.73 Å². The van der Waals surface area contributed by atoms with Gasteiger partial charge in [0.2, 0.25) is 0 Å². The molecule has 1 heterocycles. The largest absolute Gasteiger partial charge is 0.324 e. The van der Waals surface area contributed by atoms with Gasteiger partial charge in [-0.1, -0.05) is 18.2 Å². The first-order valence-electron chi connectivity index (χ1n) is 6.02. The lowest BCUT2D eigenvalue weighted by Crippen LogP contribution is -2.09. The van der Waals surface area contributed by atoms with Gasteiger partial charge in [0.25, 0.3) is 0 Å². The lowest BCUT2D eigenvalue weighted by molar-refractivity contribution is 0.618. The summed E-state index contributed by atoms with van der Waals surface area (Å²) in [6.45, 7) is 3.72. The maximum Gasteiger partial charge on any atom is 0.0702 e. The van der Waals surface area contributed by atoms with E-state index in [-0.39, 0.29) is 6.04 Å². The lowest BCUT2D eigenvalue weighted by atomic mass is 10.00. The van der Waals surface area contributed by atoms with Crippen LogP contribution < -0.4 is 5.73 Å². The predicted octanol–water partition coefficient (Wildman–Crippen LogP) is 3.59. The summed E-state index contributed by atoms with van der Waals surface area (Å²) >= 11 is 0. The molecule has 0 aliphatic carbocycles. The van der Waals surface area contributed by atoms with Crippen molar-refractivity contribution in [2.24, 2.45) is 5.73 Å². The summed E-state index contributed by atoms with van der Waals surface area (Å²) < 4.78 is 0. The summed E-state index contributed by atoms with van der Waals surface area (Å²) in [6, 6.07) is 10.4. The quantitative estimate of drug-likeness (QED) is 0.625. The molecule has 0 fully saturated rings. The van der Waals surface area contributed by atoms with Gasteiger partial charge in [0, 0.05) is 17.6 Å². The Labute approximate surface area is 102 Å². The van der Waals surface area contributed by atoms with E-state index < -0.39 is 0 Å². The van der Waals surface area contributed by atoms with Crippen molar-refractivity contribution in [2.45, 2.75) is 25.3 Å². The number of fused-ring (bicyclic) bond motifs is 1. The Morgan fingerprint density at radius 2 is 2.24 bits per heavy atom. The zero-order chi connectivity index (χ0) is 12.1. The third-order valence-electron chi connectivity index (χ3n) is 2.98. The van der Waals surface area contributed by atoms with E-state index in [0.29, 0.717) is 0 Å². The van der Waals surface area contributed by atoms with Gasteiger partial charge >= 0.3 is 0 Å². The third kappa shape index (κ3) is 2.92. The van der Waals surface area contributed by atoms with E-state index in [1.807, 2.05) is 24.4 Å². The average Bonchev–Trinajstić information content (AvgIpc) is 2.38. The molecule has 0 radical (unpaired) electrons. The molecule has 2 N–H and O–H groups in total. The van der Waals surface area contributed by atoms with Crippen molar-refractivity contribution in [2.75, 3.05) is 0 Å². The molecule has 0 saturated heterocycles. The second-order valence-corrected chi connectivity index (χ2v) is 4.28. The monoisotopic (exact) mass is 226 g/mol. The topological polar surface area (TPSA) is 38.9 Å². The Morgan fingerprint density at radius 1 is 1.35 bits per heavy atom. The zero-order valence-electron chi connectivity index (χ0n) is 9.97. The fourth-order valence-corrected chi connectivity index (χ4v) is 1.97. The minimum absolute atomic E-state index is 0.111. The maximum absolute atomic E-state index is 6.17. The molecule has 1 aromatic carbocycles. The van der Waals surface area contributed by atoms with Crippen LogP contribution in [0.2, 0.25) is 0 Å². The first-order chi connectivity index (χ1) is 8.31. The number of pyridine rings is 1. The third-order valence-corrected chi connectivity index (χ3v) is 2.98. The molecule has 1 aromatic heterocycles. The van der Waals surface area contributed by atoms with Gasteiger partial charge in [0.15, 0.2) is 0 Å². The van der Waals surface area contributed by atoms with Crippen molar-refractivity contribution in [3.63, 3.8) is 0 Å². The predicted molar refractivity (Wildman–Crippen MR) is 72.7 cm³/mol. The van der Waals surface area contributed by atoms with Crippen molar-refractivity contribution < 1.29 is 0 Å². The van der Waals surface area contributed by atoms with Crippen LogP contribution in [0.1, 0.15) is 30.9 Å². The smallest absolute Gasteiger partial charge is 0.0702 e. The van der Waals surface area contributed by atoms with Gasteiger partial charge in [-0.2, -0.15) is 0 Å². The molecule has 0 amide bonds. The van der Waals surface area contributed by atoms with Crippen molar-refractivity contribution in [1.29, 1.82) is 0 Å². The number of benzene rings is 1. The van der Waals surface area contributed by atoms with Gasteiger partial charge in [-0.15, -0.1) is 6.58 Å². The molecular formula is C15H18N2. The van der Waals surface area contributed by atoms with Gasteiger partial charge in [0.1, 0.15) is 0 Å². The van der Waals surface area contributed by atoms with Crippen LogP contribution in [0.15, 0.2) is 49.2 Å². The van der Waals surface area contributed by atoms with Gasteiger partial charge in [-0.3, -0.25) is 4.98 Å². The number of hydrogen-bond donors (Lipinski definition) is 1. The SMILES string of the molecule is C=CCCCC(N)c1ccc2ncccc2c1. The second kappa shape index (κ2) is 5.60. The van der Waals surface area contributed by atoms with Crippen LogP contribution in [0.3, 0.4) is 0 Å². The number of allylic oxidation sites excluding steroid dienone is 1. The number of nitrogens with zero attached hydrogens (tertiary/aromatic N) is 1. The molecule has 0 bridgehead atoms. The number of aromatic nitrogens is 1.